The van der Waals surface area contributed by atoms with Crippen LogP contribution >= 0.6 is 0 Å². The van der Waals surface area contributed by atoms with Gasteiger partial charge >= 0.3 is 11.0 Å². The minimum Gasteiger partial charge on any atom is -0.256 e. The third-order valence-electron chi connectivity index (χ3n) is 2.61. The molecule has 13 heteroatoms. The van der Waals surface area contributed by atoms with Crippen molar-refractivity contribution in [2.24, 2.45) is 4.99 Å². The molecule has 1 aromatic rings. The van der Waals surface area contributed by atoms with Crippen LogP contribution in [0.15, 0.2) is 35.3 Å². The van der Waals surface area contributed by atoms with E-state index in [-0.39, 0.29) is 5.69 Å². The molecule has 136 valence electrons. The van der Waals surface area contributed by atoms with E-state index in [1.54, 1.807) is 0 Å². The zero-order chi connectivity index (χ0) is 19.0. The molecule has 1 rings (SSSR count). The van der Waals surface area contributed by atoms with Gasteiger partial charge in [-0.1, -0.05) is 18.2 Å². The average molecular weight is 397 g/mol. The van der Waals surface area contributed by atoms with Crippen LogP contribution in [0, 0.1) is 0 Å². The number of alkyl halides is 6. The summed E-state index contributed by atoms with van der Waals surface area (Å²) in [4.78, 5) is 3.28. The molecule has 0 fully saturated rings. The number of hydrogen-bond acceptors (Lipinski definition) is 5. The number of nitrogens with zero attached hydrogens (tertiary/aromatic N) is 1. The van der Waals surface area contributed by atoms with Gasteiger partial charge in [0, 0.05) is 5.71 Å². The lowest BCUT2D eigenvalue weighted by Gasteiger charge is -2.20. The second-order valence-corrected chi connectivity index (χ2v) is 8.75. The van der Waals surface area contributed by atoms with Crippen LogP contribution in [-0.2, 0) is 19.7 Å². The van der Waals surface area contributed by atoms with Gasteiger partial charge in [0.15, 0.2) is 0 Å². The molecule has 0 N–H and O–H groups in total. The summed E-state index contributed by atoms with van der Waals surface area (Å²) in [7, 11) is -13.5. The van der Waals surface area contributed by atoms with Crippen molar-refractivity contribution in [2.45, 2.75) is 22.5 Å². The lowest BCUT2D eigenvalue weighted by molar-refractivity contribution is -0.0463. The number of sulfone groups is 2. The van der Waals surface area contributed by atoms with E-state index >= 15 is 0 Å². The molecular formula is C11H9F6NO4S2. The molecule has 0 heterocycles. The maximum Gasteiger partial charge on any atom is 0.499 e. The van der Waals surface area contributed by atoms with Crippen molar-refractivity contribution in [1.82, 2.24) is 0 Å². The largest absolute Gasteiger partial charge is 0.499 e. The number of aliphatic imine (C=N–C) groups is 1. The smallest absolute Gasteiger partial charge is 0.256 e. The second-order valence-electron chi connectivity index (χ2n) is 4.40. The van der Waals surface area contributed by atoms with Gasteiger partial charge in [0.25, 0.3) is 19.7 Å². The zero-order valence-corrected chi connectivity index (χ0v) is 13.3. The van der Waals surface area contributed by atoms with Gasteiger partial charge in [-0.3, -0.25) is 4.99 Å². The van der Waals surface area contributed by atoms with Crippen LogP contribution in [0.4, 0.5) is 32.0 Å². The topological polar surface area (TPSA) is 80.6 Å². The Labute approximate surface area is 132 Å². The fourth-order valence-electron chi connectivity index (χ4n) is 1.62. The van der Waals surface area contributed by atoms with E-state index in [4.69, 9.17) is 0 Å². The van der Waals surface area contributed by atoms with Crippen LogP contribution in [0.25, 0.3) is 0 Å². The molecule has 0 amide bonds. The Morgan fingerprint density at radius 1 is 0.875 bits per heavy atom. The van der Waals surface area contributed by atoms with Gasteiger partial charge in [-0.2, -0.15) is 26.3 Å². The fraction of sp³-hybridized carbons (Fsp3) is 0.364. The van der Waals surface area contributed by atoms with E-state index < -0.39 is 41.0 Å². The Morgan fingerprint density at radius 2 is 1.25 bits per heavy atom. The van der Waals surface area contributed by atoms with E-state index in [1.165, 1.54) is 18.2 Å². The Kier molecular flexibility index (Phi) is 5.40. The first-order chi connectivity index (χ1) is 10.6. The summed E-state index contributed by atoms with van der Waals surface area (Å²) in [5, 5.41) is 0. The quantitative estimate of drug-likeness (QED) is 0.578. The number of benzene rings is 1. The molecule has 0 radical (unpaired) electrons. The molecule has 0 unspecified atom stereocenters. The minimum atomic E-state index is -6.74. The molecule has 0 spiro atoms. The molecule has 24 heavy (non-hydrogen) atoms. The van der Waals surface area contributed by atoms with Crippen molar-refractivity contribution >= 4 is 31.1 Å². The highest BCUT2D eigenvalue weighted by atomic mass is 32.3. The Morgan fingerprint density at radius 3 is 1.58 bits per heavy atom. The molecule has 0 atom stereocenters. The molecule has 0 saturated carbocycles. The highest BCUT2D eigenvalue weighted by Gasteiger charge is 2.64. The van der Waals surface area contributed by atoms with Crippen LogP contribution in [0.2, 0.25) is 0 Å². The van der Waals surface area contributed by atoms with Crippen molar-refractivity contribution in [3.63, 3.8) is 0 Å². The van der Waals surface area contributed by atoms with Gasteiger partial charge in [0.2, 0.25) is 4.58 Å². The Bertz CT molecular complexity index is 782. The van der Waals surface area contributed by atoms with Crippen LogP contribution in [0.3, 0.4) is 0 Å². The molecule has 0 aliphatic rings. The average Bonchev–Trinajstić information content (AvgIpc) is 2.36. The van der Waals surface area contributed by atoms with Crippen molar-refractivity contribution < 1.29 is 43.2 Å². The Hall–Kier alpha value is -1.63. The van der Waals surface area contributed by atoms with Crippen LogP contribution in [-0.4, -0.2) is 38.1 Å². The summed E-state index contributed by atoms with van der Waals surface area (Å²) in [6.07, 6.45) is 0. The summed E-state index contributed by atoms with van der Waals surface area (Å²) >= 11 is 0. The Balaban J connectivity index is 3.67. The second kappa shape index (κ2) is 6.35. The lowest BCUT2D eigenvalue weighted by Crippen LogP contribution is -2.48. The molecule has 0 aliphatic heterocycles. The first-order valence-electron chi connectivity index (χ1n) is 5.83. The van der Waals surface area contributed by atoms with Gasteiger partial charge in [-0.15, -0.1) is 0 Å². The molecule has 0 bridgehead atoms. The van der Waals surface area contributed by atoms with E-state index in [9.17, 15) is 43.2 Å². The summed E-state index contributed by atoms with van der Waals surface area (Å²) in [5.74, 6) is 0. The summed E-state index contributed by atoms with van der Waals surface area (Å²) in [5.41, 5.74) is -14.0. The zero-order valence-electron chi connectivity index (χ0n) is 11.6. The van der Waals surface area contributed by atoms with Crippen LogP contribution < -0.4 is 0 Å². The maximum atomic E-state index is 12.6. The summed E-state index contributed by atoms with van der Waals surface area (Å²) < 4.78 is 117. The maximum absolute atomic E-state index is 12.6. The first-order valence-corrected chi connectivity index (χ1v) is 8.92. The van der Waals surface area contributed by atoms with Gasteiger partial charge in [-0.05, 0) is 19.1 Å². The van der Waals surface area contributed by atoms with E-state index in [1.807, 2.05) is 0 Å². The predicted octanol–water partition coefficient (Wildman–Crippen LogP) is 2.97. The molecule has 1 aromatic carbocycles. The first kappa shape index (κ1) is 20.4. The van der Waals surface area contributed by atoms with Crippen LogP contribution in [0.5, 0.6) is 0 Å². The van der Waals surface area contributed by atoms with Gasteiger partial charge in [0.05, 0.1) is 5.69 Å². The summed E-state index contributed by atoms with van der Waals surface area (Å²) in [6.45, 7) is 0.463. The SMILES string of the molecule is CC(=Nc1ccccc1)C(S(=O)(=O)C(F)(F)F)S(=O)(=O)C(F)(F)F. The predicted molar refractivity (Wildman–Crippen MR) is 72.9 cm³/mol. The number of para-hydroxylation sites is 1. The van der Waals surface area contributed by atoms with Crippen molar-refractivity contribution in [1.29, 1.82) is 0 Å². The number of hydrogen-bond donors (Lipinski definition) is 0. The molecule has 5 nitrogen and oxygen atoms in total. The highest BCUT2D eigenvalue weighted by molar-refractivity contribution is 8.11. The molecule has 0 aromatic heterocycles. The molecule has 0 aliphatic carbocycles. The third kappa shape index (κ3) is 3.88. The standard InChI is InChI=1S/C11H9F6NO4S2/c1-7(18-8-5-3-2-4-6-8)9(23(19,20)10(12,13)14)24(21,22)11(15,16)17/h2-6,9H,1H3. The van der Waals surface area contributed by atoms with E-state index in [0.717, 1.165) is 12.1 Å². The monoisotopic (exact) mass is 397 g/mol. The van der Waals surface area contributed by atoms with Crippen molar-refractivity contribution in [3.8, 4) is 0 Å². The van der Waals surface area contributed by atoms with E-state index in [2.05, 4.69) is 4.99 Å². The van der Waals surface area contributed by atoms with Crippen LogP contribution in [0.1, 0.15) is 6.92 Å². The summed E-state index contributed by atoms with van der Waals surface area (Å²) in [6, 6.07) is 6.36. The highest BCUT2D eigenvalue weighted by Crippen LogP contribution is 2.37. The van der Waals surface area contributed by atoms with Crippen molar-refractivity contribution in [3.05, 3.63) is 30.3 Å². The molecule has 0 saturated heterocycles. The third-order valence-corrected chi connectivity index (χ3v) is 7.23. The van der Waals surface area contributed by atoms with Crippen molar-refractivity contribution in [2.75, 3.05) is 0 Å². The normalized spacial score (nSPS) is 14.9. The van der Waals surface area contributed by atoms with E-state index in [0.29, 0.717) is 6.92 Å². The van der Waals surface area contributed by atoms with Gasteiger partial charge < -0.3 is 0 Å². The van der Waals surface area contributed by atoms with Gasteiger partial charge in [0.1, 0.15) is 0 Å². The number of rotatable bonds is 4. The minimum absolute atomic E-state index is 0.213. The number of halogens is 6. The lowest BCUT2D eigenvalue weighted by atomic mass is 10.3. The van der Waals surface area contributed by atoms with Gasteiger partial charge in [-0.25, -0.2) is 16.8 Å². The molecular weight excluding hydrogens is 388 g/mol. The fourth-order valence-corrected chi connectivity index (χ4v) is 5.10.